The number of ether oxygens (including phenoxy) is 1. The number of hydrogen-bond acceptors (Lipinski definition) is 3. The molecule has 104 valence electrons. The molecule has 1 saturated heterocycles. The van der Waals surface area contributed by atoms with Crippen molar-refractivity contribution >= 4 is 5.97 Å². The van der Waals surface area contributed by atoms with Crippen LogP contribution in [0, 0.1) is 5.41 Å². The Labute approximate surface area is 106 Å². The van der Waals surface area contributed by atoms with E-state index in [1.54, 1.807) is 0 Å². The van der Waals surface area contributed by atoms with Crippen LogP contribution in [0.2, 0.25) is 0 Å². The summed E-state index contributed by atoms with van der Waals surface area (Å²) < 4.78 is 30.7. The van der Waals surface area contributed by atoms with E-state index in [-0.39, 0.29) is 5.41 Å². The molecule has 0 aromatic heterocycles. The van der Waals surface area contributed by atoms with E-state index in [2.05, 4.69) is 23.9 Å². The lowest BCUT2D eigenvalue weighted by molar-refractivity contribution is -0.159. The Morgan fingerprint density at radius 2 is 2.11 bits per heavy atom. The van der Waals surface area contributed by atoms with Gasteiger partial charge < -0.3 is 10.1 Å². The minimum absolute atomic E-state index is 0.184. The smallest absolute Gasteiger partial charge is 0.377 e. The van der Waals surface area contributed by atoms with Crippen LogP contribution in [0.1, 0.15) is 46.0 Å². The predicted molar refractivity (Wildman–Crippen MR) is 63.5 cm³/mol. The zero-order chi connectivity index (χ0) is 13.4. The maximum atomic E-state index is 13.0. The van der Waals surface area contributed by atoms with Gasteiger partial charge in [-0.05, 0) is 18.3 Å². The minimum Gasteiger partial charge on any atom is -0.456 e. The molecule has 3 nitrogen and oxygen atoms in total. The molecule has 1 heterocycles. The lowest BCUT2D eigenvalue weighted by Crippen LogP contribution is -2.46. The molecule has 1 N–H and O–H groups in total. The number of nitrogens with one attached hydrogen (secondary N) is 1. The van der Waals surface area contributed by atoms with Crippen LogP contribution in [0.15, 0.2) is 0 Å². The quantitative estimate of drug-likeness (QED) is 0.793. The van der Waals surface area contributed by atoms with Crippen LogP contribution in [0.25, 0.3) is 0 Å². The highest BCUT2D eigenvalue weighted by Crippen LogP contribution is 2.36. The van der Waals surface area contributed by atoms with Gasteiger partial charge in [0.1, 0.15) is 6.10 Å². The summed E-state index contributed by atoms with van der Waals surface area (Å²) in [5.41, 5.74) is 0.184. The second-order valence-corrected chi connectivity index (χ2v) is 6.13. The van der Waals surface area contributed by atoms with Gasteiger partial charge in [-0.15, -0.1) is 0 Å². The summed E-state index contributed by atoms with van der Waals surface area (Å²) in [5.74, 6) is -4.67. The molecule has 0 aromatic carbocycles. The highest BCUT2D eigenvalue weighted by molar-refractivity contribution is 5.79. The van der Waals surface area contributed by atoms with Crippen molar-refractivity contribution in [1.82, 2.24) is 5.32 Å². The highest BCUT2D eigenvalue weighted by Gasteiger charge is 2.50. The lowest BCUT2D eigenvalue weighted by Gasteiger charge is -2.39. The van der Waals surface area contributed by atoms with Crippen molar-refractivity contribution in [2.45, 2.75) is 64.0 Å². The van der Waals surface area contributed by atoms with Crippen molar-refractivity contribution in [2.24, 2.45) is 5.41 Å². The Bertz CT molecular complexity index is 331. The summed E-state index contributed by atoms with van der Waals surface area (Å²) in [6, 6.07) is 0.319. The topological polar surface area (TPSA) is 38.3 Å². The van der Waals surface area contributed by atoms with E-state index in [0.717, 1.165) is 12.8 Å². The van der Waals surface area contributed by atoms with Gasteiger partial charge in [0.15, 0.2) is 0 Å². The van der Waals surface area contributed by atoms with Gasteiger partial charge in [-0.1, -0.05) is 26.7 Å². The summed E-state index contributed by atoms with van der Waals surface area (Å²) in [6.07, 6.45) is 3.41. The molecule has 0 amide bonds. The molecule has 18 heavy (non-hydrogen) atoms. The van der Waals surface area contributed by atoms with E-state index < -0.39 is 24.4 Å². The average molecular weight is 261 g/mol. The zero-order valence-corrected chi connectivity index (χ0v) is 11.0. The first-order valence-electron chi connectivity index (χ1n) is 6.63. The molecular weight excluding hydrogens is 240 g/mol. The molecule has 1 saturated carbocycles. The Morgan fingerprint density at radius 3 is 2.67 bits per heavy atom. The fourth-order valence-corrected chi connectivity index (χ4v) is 2.91. The first-order chi connectivity index (χ1) is 8.31. The highest BCUT2D eigenvalue weighted by atomic mass is 19.3. The van der Waals surface area contributed by atoms with Crippen LogP contribution in [0.4, 0.5) is 8.78 Å². The molecule has 1 aliphatic heterocycles. The van der Waals surface area contributed by atoms with E-state index in [4.69, 9.17) is 0 Å². The third-order valence-electron chi connectivity index (χ3n) is 4.16. The summed E-state index contributed by atoms with van der Waals surface area (Å²) >= 11 is 0. The van der Waals surface area contributed by atoms with Gasteiger partial charge in [0, 0.05) is 12.6 Å². The summed E-state index contributed by atoms with van der Waals surface area (Å²) in [4.78, 5) is 10.9. The molecule has 2 rings (SSSR count). The first kappa shape index (κ1) is 13.7. The van der Waals surface area contributed by atoms with Crippen molar-refractivity contribution in [3.8, 4) is 0 Å². The SMILES string of the molecule is CC1(C)CCCCC1NCC1CC(F)(F)C(=O)O1. The molecule has 0 radical (unpaired) electrons. The van der Waals surface area contributed by atoms with Gasteiger partial charge in [-0.25, -0.2) is 4.79 Å². The van der Waals surface area contributed by atoms with E-state index >= 15 is 0 Å². The fourth-order valence-electron chi connectivity index (χ4n) is 2.91. The monoisotopic (exact) mass is 261 g/mol. The maximum absolute atomic E-state index is 13.0. The summed E-state index contributed by atoms with van der Waals surface area (Å²) in [5, 5.41) is 3.30. The maximum Gasteiger partial charge on any atom is 0.377 e. The molecule has 0 aromatic rings. The Hall–Kier alpha value is -0.710. The van der Waals surface area contributed by atoms with Crippen molar-refractivity contribution < 1.29 is 18.3 Å². The van der Waals surface area contributed by atoms with Crippen LogP contribution in [0.5, 0.6) is 0 Å². The van der Waals surface area contributed by atoms with Gasteiger partial charge in [0.2, 0.25) is 0 Å². The minimum atomic E-state index is -3.30. The normalized spacial score (nSPS) is 34.3. The standard InChI is InChI=1S/C13H21F2NO2/c1-12(2)6-4-3-5-10(12)16-8-9-7-13(14,15)11(17)18-9/h9-10,16H,3-8H2,1-2H3. The number of esters is 1. The molecule has 1 aliphatic carbocycles. The number of carbonyl (C=O) groups is 1. The van der Waals surface area contributed by atoms with E-state index in [9.17, 15) is 13.6 Å². The molecular formula is C13H21F2NO2. The third kappa shape index (κ3) is 2.82. The van der Waals surface area contributed by atoms with Gasteiger partial charge in [0.25, 0.3) is 0 Å². The second kappa shape index (κ2) is 4.76. The van der Waals surface area contributed by atoms with Gasteiger partial charge in [-0.3, -0.25) is 0 Å². The fraction of sp³-hybridized carbons (Fsp3) is 0.923. The molecule has 2 aliphatic rings. The van der Waals surface area contributed by atoms with E-state index in [0.29, 0.717) is 12.6 Å². The molecule has 2 unspecified atom stereocenters. The number of carbonyl (C=O) groups excluding carboxylic acids is 1. The lowest BCUT2D eigenvalue weighted by atomic mass is 9.73. The van der Waals surface area contributed by atoms with Gasteiger partial charge in [0.05, 0.1) is 6.42 Å². The van der Waals surface area contributed by atoms with Crippen molar-refractivity contribution in [1.29, 1.82) is 0 Å². The number of rotatable bonds is 3. The Kier molecular flexibility index (Phi) is 3.63. The number of hydrogen-bond donors (Lipinski definition) is 1. The Morgan fingerprint density at radius 1 is 1.39 bits per heavy atom. The largest absolute Gasteiger partial charge is 0.456 e. The molecule has 2 fully saturated rings. The average Bonchev–Trinajstić information content (AvgIpc) is 2.51. The third-order valence-corrected chi connectivity index (χ3v) is 4.16. The van der Waals surface area contributed by atoms with Crippen molar-refractivity contribution in [3.05, 3.63) is 0 Å². The van der Waals surface area contributed by atoms with Crippen LogP contribution >= 0.6 is 0 Å². The second-order valence-electron chi connectivity index (χ2n) is 6.13. The molecule has 0 spiro atoms. The van der Waals surface area contributed by atoms with Crippen LogP contribution in [-0.4, -0.2) is 30.6 Å². The van der Waals surface area contributed by atoms with Gasteiger partial charge >= 0.3 is 11.9 Å². The number of cyclic esters (lactones) is 1. The van der Waals surface area contributed by atoms with E-state index in [1.165, 1.54) is 12.8 Å². The van der Waals surface area contributed by atoms with Crippen molar-refractivity contribution in [3.63, 3.8) is 0 Å². The Balaban J connectivity index is 1.84. The molecule has 2 atom stereocenters. The number of alkyl halides is 2. The first-order valence-corrected chi connectivity index (χ1v) is 6.63. The van der Waals surface area contributed by atoms with Crippen LogP contribution < -0.4 is 5.32 Å². The van der Waals surface area contributed by atoms with Gasteiger partial charge in [-0.2, -0.15) is 8.78 Å². The predicted octanol–water partition coefficient (Wildman–Crippen LogP) is 2.50. The zero-order valence-electron chi connectivity index (χ0n) is 11.0. The number of halogens is 2. The summed E-state index contributed by atoms with van der Waals surface area (Å²) in [7, 11) is 0. The van der Waals surface area contributed by atoms with Crippen LogP contribution in [0.3, 0.4) is 0 Å². The van der Waals surface area contributed by atoms with Crippen LogP contribution in [-0.2, 0) is 9.53 Å². The molecule has 5 heteroatoms. The van der Waals surface area contributed by atoms with E-state index in [1.807, 2.05) is 0 Å². The summed E-state index contributed by atoms with van der Waals surface area (Å²) in [6.45, 7) is 4.72. The van der Waals surface area contributed by atoms with Crippen molar-refractivity contribution in [2.75, 3.05) is 6.54 Å². The molecule has 0 bridgehead atoms.